The van der Waals surface area contributed by atoms with Gasteiger partial charge in [-0.15, -0.1) is 0 Å². The lowest BCUT2D eigenvalue weighted by atomic mass is 9.91. The van der Waals surface area contributed by atoms with Gasteiger partial charge in [0.2, 0.25) is 0 Å². The summed E-state index contributed by atoms with van der Waals surface area (Å²) in [6.07, 6.45) is 5.17. The molecule has 26 heavy (non-hydrogen) atoms. The number of hydrogen-bond acceptors (Lipinski definition) is 4. The molecule has 4 rings (SSSR count). The fraction of sp³-hybridized carbons (Fsp3) is 0.650. The highest BCUT2D eigenvalue weighted by atomic mass is 16.5. The van der Waals surface area contributed by atoms with Gasteiger partial charge >= 0.3 is 6.03 Å². The smallest absolute Gasteiger partial charge is 0.320 e. The van der Waals surface area contributed by atoms with Gasteiger partial charge in [-0.2, -0.15) is 0 Å². The van der Waals surface area contributed by atoms with E-state index < -0.39 is 0 Å². The van der Waals surface area contributed by atoms with E-state index in [4.69, 9.17) is 9.47 Å². The third-order valence-corrected chi connectivity index (χ3v) is 5.87. The summed E-state index contributed by atoms with van der Waals surface area (Å²) in [5.41, 5.74) is 0. The van der Waals surface area contributed by atoms with Crippen molar-refractivity contribution in [2.75, 3.05) is 46.4 Å². The van der Waals surface area contributed by atoms with Gasteiger partial charge in [-0.1, -0.05) is 18.6 Å². The van der Waals surface area contributed by atoms with Crippen molar-refractivity contribution in [2.24, 2.45) is 0 Å². The van der Waals surface area contributed by atoms with Gasteiger partial charge in [0.25, 0.3) is 0 Å². The molecule has 3 fully saturated rings. The second kappa shape index (κ2) is 7.74. The molecule has 1 saturated carbocycles. The van der Waals surface area contributed by atoms with Crippen LogP contribution in [0.3, 0.4) is 0 Å². The highest BCUT2D eigenvalue weighted by Crippen LogP contribution is 2.29. The summed E-state index contributed by atoms with van der Waals surface area (Å²) in [5, 5.41) is 0. The van der Waals surface area contributed by atoms with Gasteiger partial charge in [0.15, 0.2) is 11.5 Å². The van der Waals surface area contributed by atoms with Gasteiger partial charge in [0.05, 0.1) is 20.2 Å². The number of ether oxygens (including phenoxy) is 2. The normalized spacial score (nSPS) is 22.3. The number of urea groups is 1. The van der Waals surface area contributed by atoms with E-state index in [1.54, 1.807) is 7.11 Å². The quantitative estimate of drug-likeness (QED) is 0.828. The Hall–Kier alpha value is -1.95. The summed E-state index contributed by atoms with van der Waals surface area (Å²) in [4.78, 5) is 19.3. The van der Waals surface area contributed by atoms with Crippen LogP contribution in [0.5, 0.6) is 11.5 Å². The van der Waals surface area contributed by atoms with Gasteiger partial charge in [0.1, 0.15) is 6.10 Å². The number of benzene rings is 1. The summed E-state index contributed by atoms with van der Waals surface area (Å²) >= 11 is 0. The van der Waals surface area contributed by atoms with Crippen LogP contribution in [0.15, 0.2) is 24.3 Å². The van der Waals surface area contributed by atoms with Crippen molar-refractivity contribution in [2.45, 2.75) is 37.8 Å². The first kappa shape index (κ1) is 17.5. The van der Waals surface area contributed by atoms with Crippen LogP contribution < -0.4 is 9.47 Å². The molecule has 0 atom stereocenters. The molecule has 2 aliphatic heterocycles. The van der Waals surface area contributed by atoms with Crippen LogP contribution in [0.1, 0.15) is 25.7 Å². The Labute approximate surface area is 155 Å². The minimum atomic E-state index is 0.0497. The van der Waals surface area contributed by atoms with Crippen LogP contribution in [-0.2, 0) is 0 Å². The van der Waals surface area contributed by atoms with Gasteiger partial charge in [-0.25, -0.2) is 4.79 Å². The highest BCUT2D eigenvalue weighted by molar-refractivity contribution is 5.75. The predicted molar refractivity (Wildman–Crippen MR) is 99.8 cm³/mol. The van der Waals surface area contributed by atoms with Crippen molar-refractivity contribution in [3.05, 3.63) is 24.3 Å². The topological polar surface area (TPSA) is 45.3 Å². The molecule has 2 amide bonds. The van der Waals surface area contributed by atoms with E-state index >= 15 is 0 Å². The molecule has 0 N–H and O–H groups in total. The van der Waals surface area contributed by atoms with Crippen molar-refractivity contribution in [1.82, 2.24) is 14.7 Å². The number of carbonyl (C=O) groups is 1. The third-order valence-electron chi connectivity index (χ3n) is 5.87. The van der Waals surface area contributed by atoms with Crippen molar-refractivity contribution in [3.63, 3.8) is 0 Å². The molecule has 3 aliphatic rings. The molecule has 6 heteroatoms. The summed E-state index contributed by atoms with van der Waals surface area (Å²) in [6, 6.07) is 8.60. The Bertz CT molecular complexity index is 628. The Kier molecular flexibility index (Phi) is 5.20. The largest absolute Gasteiger partial charge is 0.493 e. The number of amides is 2. The van der Waals surface area contributed by atoms with Crippen molar-refractivity contribution in [3.8, 4) is 11.5 Å². The summed E-state index contributed by atoms with van der Waals surface area (Å²) in [6.45, 7) is 5.18. The Balaban J connectivity index is 1.25. The molecule has 1 aromatic carbocycles. The minimum absolute atomic E-state index is 0.0497. The van der Waals surface area contributed by atoms with Gasteiger partial charge in [0, 0.05) is 32.2 Å². The average molecular weight is 359 g/mol. The standard InChI is InChI=1S/C20H29N3O3/c1-25-18-8-2-3-9-19(18)26-17-14-23(15-17)20(24)22-11-5-10-21(12-13-22)16-6-4-7-16/h2-3,8-9,16-17H,4-7,10-15H2,1H3. The maximum Gasteiger partial charge on any atom is 0.320 e. The van der Waals surface area contributed by atoms with Crippen LogP contribution in [0, 0.1) is 0 Å². The van der Waals surface area contributed by atoms with Crippen molar-refractivity contribution < 1.29 is 14.3 Å². The van der Waals surface area contributed by atoms with E-state index in [0.29, 0.717) is 13.1 Å². The lowest BCUT2D eigenvalue weighted by Crippen LogP contribution is -2.60. The lowest BCUT2D eigenvalue weighted by Gasteiger charge is -2.41. The number of nitrogens with zero attached hydrogens (tertiary/aromatic N) is 3. The molecule has 0 radical (unpaired) electrons. The van der Waals surface area contributed by atoms with E-state index in [9.17, 15) is 4.79 Å². The number of carbonyl (C=O) groups excluding carboxylic acids is 1. The van der Waals surface area contributed by atoms with Gasteiger partial charge in [-0.05, 0) is 31.4 Å². The second-order valence-corrected chi connectivity index (χ2v) is 7.54. The zero-order valence-corrected chi connectivity index (χ0v) is 15.6. The zero-order chi connectivity index (χ0) is 17.9. The fourth-order valence-electron chi connectivity index (χ4n) is 4.01. The lowest BCUT2D eigenvalue weighted by molar-refractivity contribution is 0.0294. The monoisotopic (exact) mass is 359 g/mol. The molecule has 0 spiro atoms. The molecule has 142 valence electrons. The molecule has 1 aliphatic carbocycles. The maximum atomic E-state index is 12.8. The minimum Gasteiger partial charge on any atom is -0.493 e. The Morgan fingerprint density at radius 3 is 2.42 bits per heavy atom. The third kappa shape index (κ3) is 3.61. The van der Waals surface area contributed by atoms with E-state index in [1.807, 2.05) is 34.1 Å². The van der Waals surface area contributed by atoms with Crippen molar-refractivity contribution >= 4 is 6.03 Å². The highest BCUT2D eigenvalue weighted by Gasteiger charge is 2.36. The molecule has 0 aromatic heterocycles. The van der Waals surface area contributed by atoms with E-state index in [1.165, 1.54) is 19.3 Å². The first-order chi connectivity index (χ1) is 12.7. The molecule has 0 unspecified atom stereocenters. The van der Waals surface area contributed by atoms with Crippen LogP contribution in [-0.4, -0.2) is 79.3 Å². The summed E-state index contributed by atoms with van der Waals surface area (Å²) < 4.78 is 11.3. The number of rotatable bonds is 4. The number of methoxy groups -OCH3 is 1. The average Bonchev–Trinajstić information content (AvgIpc) is 2.82. The first-order valence-corrected chi connectivity index (χ1v) is 9.82. The molecule has 1 aromatic rings. The number of likely N-dealkylation sites (tertiary alicyclic amines) is 1. The van der Waals surface area contributed by atoms with Crippen LogP contribution in [0.2, 0.25) is 0 Å². The Morgan fingerprint density at radius 1 is 0.962 bits per heavy atom. The van der Waals surface area contributed by atoms with Gasteiger partial charge < -0.3 is 19.3 Å². The van der Waals surface area contributed by atoms with Crippen LogP contribution in [0.25, 0.3) is 0 Å². The molecular formula is C20H29N3O3. The molecule has 2 saturated heterocycles. The fourth-order valence-corrected chi connectivity index (χ4v) is 4.01. The molecule has 2 heterocycles. The van der Waals surface area contributed by atoms with Crippen LogP contribution in [0.4, 0.5) is 4.79 Å². The summed E-state index contributed by atoms with van der Waals surface area (Å²) in [5.74, 6) is 1.49. The van der Waals surface area contributed by atoms with Crippen molar-refractivity contribution in [1.29, 1.82) is 0 Å². The van der Waals surface area contributed by atoms with E-state index in [2.05, 4.69) is 4.90 Å². The SMILES string of the molecule is COc1ccccc1OC1CN(C(=O)N2CCCN(C3CCC3)CC2)C1. The molecule has 6 nitrogen and oxygen atoms in total. The zero-order valence-electron chi connectivity index (χ0n) is 15.6. The number of hydrogen-bond donors (Lipinski definition) is 0. The van der Waals surface area contributed by atoms with E-state index in [0.717, 1.165) is 50.1 Å². The van der Waals surface area contributed by atoms with Crippen LogP contribution >= 0.6 is 0 Å². The Morgan fingerprint density at radius 2 is 1.73 bits per heavy atom. The molecular weight excluding hydrogens is 330 g/mol. The van der Waals surface area contributed by atoms with Gasteiger partial charge in [-0.3, -0.25) is 4.90 Å². The maximum absolute atomic E-state index is 12.8. The first-order valence-electron chi connectivity index (χ1n) is 9.82. The summed E-state index contributed by atoms with van der Waals surface area (Å²) in [7, 11) is 1.64. The van der Waals surface area contributed by atoms with E-state index in [-0.39, 0.29) is 12.1 Å². The number of para-hydroxylation sites is 2. The second-order valence-electron chi connectivity index (χ2n) is 7.54. The molecule has 0 bridgehead atoms. The predicted octanol–water partition coefficient (Wildman–Crippen LogP) is 2.44.